The molecule has 102 valence electrons. The normalized spacial score (nSPS) is 13.8. The summed E-state index contributed by atoms with van der Waals surface area (Å²) in [6.07, 6.45) is -4.09. The second-order valence-electron chi connectivity index (χ2n) is 4.42. The van der Waals surface area contributed by atoms with Crippen LogP contribution < -0.4 is 4.74 Å². The van der Waals surface area contributed by atoms with Crippen molar-refractivity contribution in [2.45, 2.75) is 39.5 Å². The van der Waals surface area contributed by atoms with E-state index in [1.165, 1.54) is 0 Å². The van der Waals surface area contributed by atoms with E-state index in [4.69, 9.17) is 16.3 Å². The number of nitrogens with zero attached hydrogens (tertiary/aromatic N) is 2. The topological polar surface area (TPSA) is 35.0 Å². The quantitative estimate of drug-likeness (QED) is 0.784. The molecule has 1 aromatic rings. The standard InChI is InChI=1S/C11H14ClF3N2O/c1-6(2)4-7(3)18-9-5-8(11(13,14)15)16-10(12)17-9/h5-7H,4H2,1-3H3. The van der Waals surface area contributed by atoms with E-state index in [9.17, 15) is 13.2 Å². The highest BCUT2D eigenvalue weighted by molar-refractivity contribution is 6.28. The van der Waals surface area contributed by atoms with Crippen LogP contribution in [0.25, 0.3) is 0 Å². The van der Waals surface area contributed by atoms with Gasteiger partial charge in [0.25, 0.3) is 0 Å². The van der Waals surface area contributed by atoms with Crippen molar-refractivity contribution >= 4 is 11.6 Å². The molecule has 0 saturated carbocycles. The summed E-state index contributed by atoms with van der Waals surface area (Å²) in [7, 11) is 0. The van der Waals surface area contributed by atoms with Crippen LogP contribution in [0.3, 0.4) is 0 Å². The number of halogens is 4. The molecule has 1 heterocycles. The van der Waals surface area contributed by atoms with Gasteiger partial charge >= 0.3 is 6.18 Å². The van der Waals surface area contributed by atoms with Gasteiger partial charge in [-0.25, -0.2) is 4.98 Å². The largest absolute Gasteiger partial charge is 0.475 e. The van der Waals surface area contributed by atoms with E-state index in [2.05, 4.69) is 9.97 Å². The van der Waals surface area contributed by atoms with Crippen LogP contribution >= 0.6 is 11.6 Å². The fourth-order valence-corrected chi connectivity index (χ4v) is 1.69. The predicted molar refractivity (Wildman–Crippen MR) is 61.6 cm³/mol. The molecular weight excluding hydrogens is 269 g/mol. The lowest BCUT2D eigenvalue weighted by molar-refractivity contribution is -0.141. The Morgan fingerprint density at radius 2 is 1.89 bits per heavy atom. The van der Waals surface area contributed by atoms with Crippen molar-refractivity contribution in [1.82, 2.24) is 9.97 Å². The Hall–Kier alpha value is -1.04. The molecule has 0 amide bonds. The molecule has 1 atom stereocenters. The van der Waals surface area contributed by atoms with Crippen molar-refractivity contribution in [1.29, 1.82) is 0 Å². The Morgan fingerprint density at radius 1 is 1.28 bits per heavy atom. The molecule has 3 nitrogen and oxygen atoms in total. The molecule has 0 radical (unpaired) electrons. The van der Waals surface area contributed by atoms with Gasteiger partial charge in [0.1, 0.15) is 0 Å². The molecule has 1 rings (SSSR count). The van der Waals surface area contributed by atoms with E-state index in [0.717, 1.165) is 6.07 Å². The Bertz CT molecular complexity index is 410. The minimum atomic E-state index is -4.56. The molecule has 0 fully saturated rings. The average Bonchev–Trinajstić information content (AvgIpc) is 2.13. The summed E-state index contributed by atoms with van der Waals surface area (Å²) in [6.45, 7) is 5.76. The maximum Gasteiger partial charge on any atom is 0.433 e. The third kappa shape index (κ3) is 4.68. The van der Waals surface area contributed by atoms with E-state index in [1.807, 2.05) is 13.8 Å². The summed E-state index contributed by atoms with van der Waals surface area (Å²) < 4.78 is 42.8. The van der Waals surface area contributed by atoms with Gasteiger partial charge in [-0.1, -0.05) is 13.8 Å². The highest BCUT2D eigenvalue weighted by Crippen LogP contribution is 2.30. The Kier molecular flexibility index (Phi) is 4.78. The molecule has 7 heteroatoms. The smallest absolute Gasteiger partial charge is 0.433 e. The van der Waals surface area contributed by atoms with E-state index >= 15 is 0 Å². The minimum Gasteiger partial charge on any atom is -0.475 e. The van der Waals surface area contributed by atoms with Crippen molar-refractivity contribution in [2.75, 3.05) is 0 Å². The number of aromatic nitrogens is 2. The van der Waals surface area contributed by atoms with E-state index < -0.39 is 17.2 Å². The van der Waals surface area contributed by atoms with E-state index in [0.29, 0.717) is 12.3 Å². The van der Waals surface area contributed by atoms with Crippen LogP contribution in [0, 0.1) is 5.92 Å². The van der Waals surface area contributed by atoms with Crippen LogP contribution in [-0.4, -0.2) is 16.1 Å². The summed E-state index contributed by atoms with van der Waals surface area (Å²) >= 11 is 5.44. The highest BCUT2D eigenvalue weighted by atomic mass is 35.5. The summed E-state index contributed by atoms with van der Waals surface area (Å²) in [5.74, 6) is 0.217. The first-order valence-electron chi connectivity index (χ1n) is 5.47. The van der Waals surface area contributed by atoms with Crippen LogP contribution in [-0.2, 0) is 6.18 Å². The molecule has 0 saturated heterocycles. The van der Waals surface area contributed by atoms with Crippen LogP contribution in [0.15, 0.2) is 6.07 Å². The number of alkyl halides is 3. The predicted octanol–water partition coefficient (Wildman–Crippen LogP) is 3.96. The van der Waals surface area contributed by atoms with Crippen molar-refractivity contribution in [2.24, 2.45) is 5.92 Å². The minimum absolute atomic E-state index is 0.157. The van der Waals surface area contributed by atoms with Crippen molar-refractivity contribution in [3.63, 3.8) is 0 Å². The Balaban J connectivity index is 2.87. The zero-order valence-corrected chi connectivity index (χ0v) is 11.0. The van der Waals surface area contributed by atoms with Crippen molar-refractivity contribution in [3.8, 4) is 5.88 Å². The van der Waals surface area contributed by atoms with Crippen molar-refractivity contribution in [3.05, 3.63) is 17.0 Å². The van der Waals surface area contributed by atoms with Gasteiger partial charge in [0.15, 0.2) is 5.69 Å². The lowest BCUT2D eigenvalue weighted by Crippen LogP contribution is -2.17. The van der Waals surface area contributed by atoms with Gasteiger partial charge in [0, 0.05) is 6.07 Å². The second-order valence-corrected chi connectivity index (χ2v) is 4.75. The number of hydrogen-bond acceptors (Lipinski definition) is 3. The first-order chi connectivity index (χ1) is 8.18. The summed E-state index contributed by atoms with van der Waals surface area (Å²) in [4.78, 5) is 6.75. The highest BCUT2D eigenvalue weighted by Gasteiger charge is 2.34. The van der Waals surface area contributed by atoms with Gasteiger partial charge in [-0.05, 0) is 30.9 Å². The van der Waals surface area contributed by atoms with E-state index in [1.54, 1.807) is 6.92 Å². The average molecular weight is 283 g/mol. The molecule has 0 aliphatic carbocycles. The lowest BCUT2D eigenvalue weighted by atomic mass is 10.1. The van der Waals surface area contributed by atoms with Gasteiger partial charge in [-0.3, -0.25) is 0 Å². The Labute approximate surface area is 108 Å². The number of rotatable bonds is 4. The fraction of sp³-hybridized carbons (Fsp3) is 0.636. The Morgan fingerprint density at radius 3 is 2.39 bits per heavy atom. The van der Waals surface area contributed by atoms with E-state index in [-0.39, 0.29) is 12.0 Å². The monoisotopic (exact) mass is 282 g/mol. The van der Waals surface area contributed by atoms with Gasteiger partial charge in [-0.2, -0.15) is 18.2 Å². The van der Waals surface area contributed by atoms with Crippen LogP contribution in [0.5, 0.6) is 5.88 Å². The molecule has 18 heavy (non-hydrogen) atoms. The first-order valence-corrected chi connectivity index (χ1v) is 5.84. The molecule has 1 aromatic heterocycles. The molecule has 0 aliphatic heterocycles. The maximum atomic E-state index is 12.5. The number of hydrogen-bond donors (Lipinski definition) is 0. The fourth-order valence-electron chi connectivity index (χ4n) is 1.52. The van der Waals surface area contributed by atoms with Gasteiger partial charge < -0.3 is 4.74 Å². The third-order valence-corrected chi connectivity index (χ3v) is 2.26. The van der Waals surface area contributed by atoms with Crippen LogP contribution in [0.1, 0.15) is 32.9 Å². The molecule has 1 unspecified atom stereocenters. The summed E-state index contributed by atoms with van der Waals surface area (Å²) in [6, 6.07) is 0.753. The van der Waals surface area contributed by atoms with Crippen molar-refractivity contribution < 1.29 is 17.9 Å². The molecule has 0 spiro atoms. The SMILES string of the molecule is CC(C)CC(C)Oc1cc(C(F)(F)F)nc(Cl)n1. The first kappa shape index (κ1) is 15.0. The summed E-state index contributed by atoms with van der Waals surface area (Å²) in [5, 5.41) is -0.475. The maximum absolute atomic E-state index is 12.5. The summed E-state index contributed by atoms with van der Waals surface area (Å²) in [5.41, 5.74) is -1.10. The van der Waals surface area contributed by atoms with Gasteiger partial charge in [-0.15, -0.1) is 0 Å². The lowest BCUT2D eigenvalue weighted by Gasteiger charge is -2.16. The van der Waals surface area contributed by atoms with Gasteiger partial charge in [0.05, 0.1) is 6.10 Å². The number of ether oxygens (including phenoxy) is 1. The van der Waals surface area contributed by atoms with Crippen LogP contribution in [0.2, 0.25) is 5.28 Å². The molecule has 0 bridgehead atoms. The zero-order chi connectivity index (χ0) is 13.9. The van der Waals surface area contributed by atoms with Gasteiger partial charge in [0.2, 0.25) is 11.2 Å². The molecule has 0 aliphatic rings. The third-order valence-electron chi connectivity index (χ3n) is 2.09. The molecule has 0 aromatic carbocycles. The molecular formula is C11H14ClF3N2O. The second kappa shape index (κ2) is 5.73. The zero-order valence-electron chi connectivity index (χ0n) is 10.3. The molecule has 0 N–H and O–H groups in total. The van der Waals surface area contributed by atoms with Crippen LogP contribution in [0.4, 0.5) is 13.2 Å².